The Kier molecular flexibility index (Phi) is 3.73. The lowest BCUT2D eigenvalue weighted by molar-refractivity contribution is -0.132. The standard InChI is InChI=1S/C12H19N5O2/c1-3-17-7-9(13)11(15-17)12(19)14-8-4-5-10(18)16(2)6-8/h7-8H,3-6,13H2,1-2H3,(H,14,19). The first-order valence-electron chi connectivity index (χ1n) is 6.39. The Morgan fingerprint density at radius 2 is 2.37 bits per heavy atom. The lowest BCUT2D eigenvalue weighted by atomic mass is 10.1. The van der Waals surface area contributed by atoms with E-state index in [0.29, 0.717) is 31.6 Å². The number of likely N-dealkylation sites (N-methyl/N-ethyl adjacent to an activating group) is 1. The molecular formula is C12H19N5O2. The summed E-state index contributed by atoms with van der Waals surface area (Å²) in [5.74, 6) is -0.169. The van der Waals surface area contributed by atoms with Crippen molar-refractivity contribution >= 4 is 17.5 Å². The Hall–Kier alpha value is -2.05. The highest BCUT2D eigenvalue weighted by Crippen LogP contribution is 2.13. The molecule has 0 aromatic carbocycles. The number of carbonyl (C=O) groups excluding carboxylic acids is 2. The zero-order valence-corrected chi connectivity index (χ0v) is 11.2. The van der Waals surface area contributed by atoms with Crippen LogP contribution in [-0.2, 0) is 11.3 Å². The van der Waals surface area contributed by atoms with Crippen LogP contribution in [0.3, 0.4) is 0 Å². The number of anilines is 1. The molecule has 0 spiro atoms. The molecule has 1 saturated heterocycles. The summed E-state index contributed by atoms with van der Waals surface area (Å²) in [4.78, 5) is 25.1. The van der Waals surface area contributed by atoms with Gasteiger partial charge in [-0.3, -0.25) is 14.3 Å². The van der Waals surface area contributed by atoms with Crippen LogP contribution in [0.2, 0.25) is 0 Å². The van der Waals surface area contributed by atoms with Crippen molar-refractivity contribution in [3.63, 3.8) is 0 Å². The third kappa shape index (κ3) is 2.86. The van der Waals surface area contributed by atoms with Crippen molar-refractivity contribution in [1.29, 1.82) is 0 Å². The summed E-state index contributed by atoms with van der Waals surface area (Å²) in [6.07, 6.45) is 2.76. The predicted molar refractivity (Wildman–Crippen MR) is 70.4 cm³/mol. The number of hydrogen-bond donors (Lipinski definition) is 2. The van der Waals surface area contributed by atoms with E-state index in [1.807, 2.05) is 6.92 Å². The van der Waals surface area contributed by atoms with Gasteiger partial charge in [0.15, 0.2) is 5.69 Å². The molecule has 2 rings (SSSR count). The maximum Gasteiger partial charge on any atom is 0.274 e. The average molecular weight is 265 g/mol. The van der Waals surface area contributed by atoms with E-state index in [0.717, 1.165) is 0 Å². The number of nitrogens with one attached hydrogen (secondary N) is 1. The molecule has 104 valence electrons. The largest absolute Gasteiger partial charge is 0.396 e. The van der Waals surface area contributed by atoms with Gasteiger partial charge in [-0.25, -0.2) is 0 Å². The maximum absolute atomic E-state index is 12.1. The highest BCUT2D eigenvalue weighted by Gasteiger charge is 2.25. The summed E-state index contributed by atoms with van der Waals surface area (Å²) in [5, 5.41) is 7.00. The molecule has 1 aliphatic heterocycles. The van der Waals surface area contributed by atoms with Crippen molar-refractivity contribution in [3.05, 3.63) is 11.9 Å². The summed E-state index contributed by atoms with van der Waals surface area (Å²) < 4.78 is 1.63. The monoisotopic (exact) mass is 265 g/mol. The molecule has 0 bridgehead atoms. The molecule has 1 atom stereocenters. The van der Waals surface area contributed by atoms with Crippen LogP contribution in [0, 0.1) is 0 Å². The third-order valence-corrected chi connectivity index (χ3v) is 3.29. The Balaban J connectivity index is 2.01. The molecule has 7 nitrogen and oxygen atoms in total. The molecular weight excluding hydrogens is 246 g/mol. The van der Waals surface area contributed by atoms with Crippen LogP contribution in [0.1, 0.15) is 30.3 Å². The van der Waals surface area contributed by atoms with Crippen molar-refractivity contribution in [2.24, 2.45) is 0 Å². The van der Waals surface area contributed by atoms with Gasteiger partial charge in [0.25, 0.3) is 5.91 Å². The Morgan fingerprint density at radius 3 is 2.95 bits per heavy atom. The first-order chi connectivity index (χ1) is 9.01. The van der Waals surface area contributed by atoms with E-state index in [1.54, 1.807) is 22.8 Å². The second kappa shape index (κ2) is 5.29. The smallest absolute Gasteiger partial charge is 0.274 e. The van der Waals surface area contributed by atoms with Crippen LogP contribution in [0.5, 0.6) is 0 Å². The van der Waals surface area contributed by atoms with Gasteiger partial charge in [0.05, 0.1) is 5.69 Å². The fourth-order valence-corrected chi connectivity index (χ4v) is 2.16. The number of hydrogen-bond acceptors (Lipinski definition) is 4. The van der Waals surface area contributed by atoms with Crippen LogP contribution >= 0.6 is 0 Å². The minimum Gasteiger partial charge on any atom is -0.396 e. The van der Waals surface area contributed by atoms with E-state index >= 15 is 0 Å². The molecule has 19 heavy (non-hydrogen) atoms. The summed E-state index contributed by atoms with van der Waals surface area (Å²) in [6, 6.07) is -0.0404. The van der Waals surface area contributed by atoms with Gasteiger partial charge in [-0.05, 0) is 13.3 Å². The van der Waals surface area contributed by atoms with E-state index in [4.69, 9.17) is 5.73 Å². The Bertz CT molecular complexity index is 496. The molecule has 2 amide bonds. The Labute approximate surface area is 111 Å². The number of carbonyl (C=O) groups is 2. The molecule has 0 radical (unpaired) electrons. The number of nitrogens with two attached hydrogens (primary N) is 1. The highest BCUT2D eigenvalue weighted by molar-refractivity contribution is 5.97. The van der Waals surface area contributed by atoms with Crippen LogP contribution in [-0.4, -0.2) is 46.1 Å². The fourth-order valence-electron chi connectivity index (χ4n) is 2.16. The second-order valence-corrected chi connectivity index (χ2v) is 4.77. The number of rotatable bonds is 3. The summed E-state index contributed by atoms with van der Waals surface area (Å²) >= 11 is 0. The lowest BCUT2D eigenvalue weighted by Gasteiger charge is -2.29. The van der Waals surface area contributed by atoms with Crippen molar-refractivity contribution < 1.29 is 9.59 Å². The first kappa shape index (κ1) is 13.4. The number of piperidine rings is 1. The summed E-state index contributed by atoms with van der Waals surface area (Å²) in [5.41, 5.74) is 6.39. The van der Waals surface area contributed by atoms with Crippen LogP contribution in [0.15, 0.2) is 6.20 Å². The van der Waals surface area contributed by atoms with Gasteiger partial charge in [-0.2, -0.15) is 5.10 Å². The quantitative estimate of drug-likeness (QED) is 0.794. The number of aryl methyl sites for hydroxylation is 1. The minimum absolute atomic E-state index is 0.0404. The van der Waals surface area contributed by atoms with E-state index in [-0.39, 0.29) is 23.6 Å². The number of nitrogens with zero attached hydrogens (tertiary/aromatic N) is 3. The van der Waals surface area contributed by atoms with Crippen LogP contribution in [0.25, 0.3) is 0 Å². The molecule has 3 N–H and O–H groups in total. The molecule has 0 saturated carbocycles. The highest BCUT2D eigenvalue weighted by atomic mass is 16.2. The van der Waals surface area contributed by atoms with Crippen molar-refractivity contribution in [2.75, 3.05) is 19.3 Å². The van der Waals surface area contributed by atoms with E-state index in [9.17, 15) is 9.59 Å². The molecule has 0 aliphatic carbocycles. The third-order valence-electron chi connectivity index (χ3n) is 3.29. The second-order valence-electron chi connectivity index (χ2n) is 4.77. The van der Waals surface area contributed by atoms with Gasteiger partial charge in [0, 0.05) is 38.8 Å². The van der Waals surface area contributed by atoms with Crippen molar-refractivity contribution in [2.45, 2.75) is 32.4 Å². The number of aromatic nitrogens is 2. The van der Waals surface area contributed by atoms with E-state index in [2.05, 4.69) is 10.4 Å². The molecule has 1 aromatic heterocycles. The van der Waals surface area contributed by atoms with Crippen molar-refractivity contribution in [1.82, 2.24) is 20.0 Å². The zero-order chi connectivity index (χ0) is 14.0. The SMILES string of the molecule is CCn1cc(N)c(C(=O)NC2CCC(=O)N(C)C2)n1. The maximum atomic E-state index is 12.1. The molecule has 7 heteroatoms. The van der Waals surface area contributed by atoms with Crippen LogP contribution < -0.4 is 11.1 Å². The number of amides is 2. The normalized spacial score (nSPS) is 19.6. The molecule has 1 fully saturated rings. The fraction of sp³-hybridized carbons (Fsp3) is 0.583. The van der Waals surface area contributed by atoms with Gasteiger partial charge in [0.2, 0.25) is 5.91 Å². The van der Waals surface area contributed by atoms with E-state index in [1.165, 1.54) is 0 Å². The average Bonchev–Trinajstić information content (AvgIpc) is 2.75. The van der Waals surface area contributed by atoms with Gasteiger partial charge < -0.3 is 16.0 Å². The summed E-state index contributed by atoms with van der Waals surface area (Å²) in [7, 11) is 1.74. The minimum atomic E-state index is -0.280. The molecule has 1 unspecified atom stereocenters. The lowest BCUT2D eigenvalue weighted by Crippen LogP contribution is -2.48. The van der Waals surface area contributed by atoms with E-state index < -0.39 is 0 Å². The van der Waals surface area contributed by atoms with Gasteiger partial charge in [0.1, 0.15) is 0 Å². The molecule has 2 heterocycles. The Morgan fingerprint density at radius 1 is 1.63 bits per heavy atom. The van der Waals surface area contributed by atoms with Gasteiger partial charge in [-0.15, -0.1) is 0 Å². The van der Waals surface area contributed by atoms with Gasteiger partial charge in [-0.1, -0.05) is 0 Å². The molecule has 1 aromatic rings. The van der Waals surface area contributed by atoms with Gasteiger partial charge >= 0.3 is 0 Å². The number of likely N-dealkylation sites (tertiary alicyclic amines) is 1. The first-order valence-corrected chi connectivity index (χ1v) is 6.39. The topological polar surface area (TPSA) is 93.2 Å². The predicted octanol–water partition coefficient (Wildman–Crippen LogP) is -0.164. The van der Waals surface area contributed by atoms with Crippen molar-refractivity contribution in [3.8, 4) is 0 Å². The zero-order valence-electron chi connectivity index (χ0n) is 11.2. The number of nitrogen functional groups attached to an aromatic ring is 1. The van der Waals surface area contributed by atoms with Crippen LogP contribution in [0.4, 0.5) is 5.69 Å². The summed E-state index contributed by atoms with van der Waals surface area (Å²) in [6.45, 7) is 3.12. The molecule has 1 aliphatic rings.